The summed E-state index contributed by atoms with van der Waals surface area (Å²) in [5, 5.41) is 0.571. The van der Waals surface area contributed by atoms with Crippen LogP contribution in [0.2, 0.25) is 0 Å². The number of piperazine rings is 1. The Hall–Kier alpha value is -4.13. The number of hydrogen-bond acceptors (Lipinski definition) is 5. The van der Waals surface area contributed by atoms with Gasteiger partial charge in [0, 0.05) is 31.7 Å². The van der Waals surface area contributed by atoms with Crippen molar-refractivity contribution in [1.29, 1.82) is 0 Å². The van der Waals surface area contributed by atoms with Crippen LogP contribution >= 0.6 is 0 Å². The molecule has 4 aromatic rings. The Morgan fingerprint density at radius 3 is 2.34 bits per heavy atom. The summed E-state index contributed by atoms with van der Waals surface area (Å²) in [4.78, 5) is 34.9. The highest BCUT2D eigenvalue weighted by atomic mass is 16.5. The molecule has 0 unspecified atom stereocenters. The van der Waals surface area contributed by atoms with Crippen molar-refractivity contribution in [3.63, 3.8) is 0 Å². The molecule has 5 rings (SSSR count). The Labute approximate surface area is 204 Å². The second-order valence-corrected chi connectivity index (χ2v) is 8.54. The van der Waals surface area contributed by atoms with E-state index in [9.17, 15) is 9.59 Å². The van der Waals surface area contributed by atoms with Crippen molar-refractivity contribution in [3.8, 4) is 11.4 Å². The fourth-order valence-electron chi connectivity index (χ4n) is 4.63. The van der Waals surface area contributed by atoms with E-state index in [2.05, 4.69) is 16.0 Å². The Balaban J connectivity index is 1.31. The minimum atomic E-state index is -0.115. The summed E-state index contributed by atoms with van der Waals surface area (Å²) in [5.74, 6) is 1.48. The number of hydrogen-bond donors (Lipinski definition) is 0. The highest BCUT2D eigenvalue weighted by molar-refractivity contribution is 5.94. The van der Waals surface area contributed by atoms with Gasteiger partial charge in [-0.25, -0.2) is 4.98 Å². The van der Waals surface area contributed by atoms with Gasteiger partial charge in [-0.2, -0.15) is 0 Å². The van der Waals surface area contributed by atoms with Crippen molar-refractivity contribution < 1.29 is 9.53 Å². The zero-order chi connectivity index (χ0) is 24.4. The van der Waals surface area contributed by atoms with E-state index in [1.165, 1.54) is 0 Å². The van der Waals surface area contributed by atoms with Crippen LogP contribution in [0.15, 0.2) is 77.6 Å². The third-order valence-corrected chi connectivity index (χ3v) is 6.39. The summed E-state index contributed by atoms with van der Waals surface area (Å²) in [6.07, 6.45) is 0. The molecule has 7 heteroatoms. The molecular weight excluding hydrogens is 440 g/mol. The highest BCUT2D eigenvalue weighted by Crippen LogP contribution is 2.29. The van der Waals surface area contributed by atoms with Crippen LogP contribution in [0.1, 0.15) is 23.1 Å². The fraction of sp³-hybridized carbons (Fsp3) is 0.250. The van der Waals surface area contributed by atoms with E-state index in [1.807, 2.05) is 67.3 Å². The number of nitrogens with zero attached hydrogens (tertiary/aromatic N) is 4. The number of fused-ring (bicyclic) bond motifs is 1. The van der Waals surface area contributed by atoms with E-state index < -0.39 is 0 Å². The van der Waals surface area contributed by atoms with E-state index in [1.54, 1.807) is 22.8 Å². The summed E-state index contributed by atoms with van der Waals surface area (Å²) in [6, 6.07) is 22.6. The van der Waals surface area contributed by atoms with E-state index >= 15 is 0 Å². The van der Waals surface area contributed by atoms with Crippen LogP contribution in [0.4, 0.5) is 5.69 Å². The molecule has 2 heterocycles. The van der Waals surface area contributed by atoms with Crippen LogP contribution in [-0.2, 0) is 0 Å². The molecule has 1 saturated heterocycles. The minimum absolute atomic E-state index is 0.00463. The lowest BCUT2D eigenvalue weighted by Crippen LogP contribution is -2.48. The van der Waals surface area contributed by atoms with Gasteiger partial charge in [0.05, 0.1) is 28.9 Å². The summed E-state index contributed by atoms with van der Waals surface area (Å²) in [7, 11) is 0. The zero-order valence-corrected chi connectivity index (χ0v) is 20.0. The molecule has 1 amide bonds. The number of anilines is 1. The monoisotopic (exact) mass is 468 g/mol. The van der Waals surface area contributed by atoms with Crippen molar-refractivity contribution in [1.82, 2.24) is 14.5 Å². The van der Waals surface area contributed by atoms with Gasteiger partial charge in [0.1, 0.15) is 11.6 Å². The summed E-state index contributed by atoms with van der Waals surface area (Å²) in [5.41, 5.74) is 2.93. The molecule has 0 radical (unpaired) electrons. The molecule has 0 aliphatic carbocycles. The number of carbonyl (C=O) groups excluding carboxylic acids is 1. The number of aromatic nitrogens is 2. The number of benzene rings is 3. The van der Waals surface area contributed by atoms with Crippen molar-refractivity contribution in [3.05, 3.63) is 94.5 Å². The summed E-state index contributed by atoms with van der Waals surface area (Å²) >= 11 is 0. The third kappa shape index (κ3) is 4.37. The predicted molar refractivity (Wildman–Crippen MR) is 138 cm³/mol. The fourth-order valence-corrected chi connectivity index (χ4v) is 4.63. The van der Waals surface area contributed by atoms with Gasteiger partial charge >= 0.3 is 0 Å². The summed E-state index contributed by atoms with van der Waals surface area (Å²) < 4.78 is 7.36. The largest absolute Gasteiger partial charge is 0.492 e. The second-order valence-electron chi connectivity index (χ2n) is 8.54. The number of ether oxygens (including phenoxy) is 1. The molecule has 1 aromatic heterocycles. The average molecular weight is 469 g/mol. The van der Waals surface area contributed by atoms with E-state index in [0.29, 0.717) is 47.7 Å². The Morgan fingerprint density at radius 2 is 1.60 bits per heavy atom. The molecule has 0 spiro atoms. The lowest BCUT2D eigenvalue weighted by Gasteiger charge is -2.36. The standard InChI is InChI=1S/C28H28N4O3/c1-3-35-26-11-7-6-10-25(26)30-16-18-31(19-17-30)27(33)21-12-14-22(15-13-21)32-20(2)29-24-9-5-4-8-23(24)28(32)34/h4-15H,3,16-19H2,1-2H3. The third-order valence-electron chi connectivity index (χ3n) is 6.39. The number of para-hydroxylation sites is 3. The molecule has 1 aliphatic rings. The van der Waals surface area contributed by atoms with Gasteiger partial charge in [0.25, 0.3) is 11.5 Å². The molecule has 1 fully saturated rings. The van der Waals surface area contributed by atoms with Crippen LogP contribution in [0, 0.1) is 6.92 Å². The predicted octanol–water partition coefficient (Wildman–Crippen LogP) is 4.06. The van der Waals surface area contributed by atoms with Gasteiger partial charge in [-0.1, -0.05) is 24.3 Å². The maximum absolute atomic E-state index is 13.2. The Kier molecular flexibility index (Phi) is 6.23. The molecule has 0 N–H and O–H groups in total. The molecule has 7 nitrogen and oxygen atoms in total. The first-order valence-electron chi connectivity index (χ1n) is 11.9. The molecule has 35 heavy (non-hydrogen) atoms. The van der Waals surface area contributed by atoms with E-state index in [4.69, 9.17) is 4.74 Å². The average Bonchev–Trinajstić information content (AvgIpc) is 2.89. The van der Waals surface area contributed by atoms with Gasteiger partial charge in [0.15, 0.2) is 0 Å². The smallest absolute Gasteiger partial charge is 0.265 e. The van der Waals surface area contributed by atoms with E-state index in [-0.39, 0.29) is 11.5 Å². The van der Waals surface area contributed by atoms with Crippen molar-refractivity contribution >= 4 is 22.5 Å². The molecule has 0 saturated carbocycles. The number of rotatable bonds is 5. The van der Waals surface area contributed by atoms with E-state index in [0.717, 1.165) is 24.5 Å². The molecule has 3 aromatic carbocycles. The molecular formula is C28H28N4O3. The SMILES string of the molecule is CCOc1ccccc1N1CCN(C(=O)c2ccc(-n3c(C)nc4ccccc4c3=O)cc2)CC1. The number of carbonyl (C=O) groups is 1. The Bertz CT molecular complexity index is 1420. The maximum Gasteiger partial charge on any atom is 0.265 e. The normalized spacial score (nSPS) is 13.8. The molecule has 1 aliphatic heterocycles. The first-order valence-corrected chi connectivity index (χ1v) is 11.9. The van der Waals surface area contributed by atoms with Crippen LogP contribution in [0.3, 0.4) is 0 Å². The number of aryl methyl sites for hydroxylation is 1. The van der Waals surface area contributed by atoms with Gasteiger partial charge in [-0.3, -0.25) is 14.2 Å². The van der Waals surface area contributed by atoms with Crippen LogP contribution in [0.5, 0.6) is 5.75 Å². The van der Waals surface area contributed by atoms with Gasteiger partial charge in [-0.05, 0) is 62.4 Å². The number of amides is 1. The first kappa shape index (κ1) is 22.7. The van der Waals surface area contributed by atoms with Gasteiger partial charge in [-0.15, -0.1) is 0 Å². The summed E-state index contributed by atoms with van der Waals surface area (Å²) in [6.45, 7) is 7.16. The van der Waals surface area contributed by atoms with Gasteiger partial charge in [0.2, 0.25) is 0 Å². The molecule has 0 bridgehead atoms. The van der Waals surface area contributed by atoms with Crippen LogP contribution in [0.25, 0.3) is 16.6 Å². The molecule has 0 atom stereocenters. The molecule has 178 valence electrons. The zero-order valence-electron chi connectivity index (χ0n) is 20.0. The lowest BCUT2D eigenvalue weighted by molar-refractivity contribution is 0.0746. The topological polar surface area (TPSA) is 67.7 Å². The maximum atomic E-state index is 13.2. The Morgan fingerprint density at radius 1 is 0.914 bits per heavy atom. The quantitative estimate of drug-likeness (QED) is 0.442. The van der Waals surface area contributed by atoms with Crippen molar-refractivity contribution in [2.24, 2.45) is 0 Å². The van der Waals surface area contributed by atoms with Crippen LogP contribution < -0.4 is 15.2 Å². The van der Waals surface area contributed by atoms with Crippen molar-refractivity contribution in [2.45, 2.75) is 13.8 Å². The van der Waals surface area contributed by atoms with Gasteiger partial charge < -0.3 is 14.5 Å². The van der Waals surface area contributed by atoms with Crippen molar-refractivity contribution in [2.75, 3.05) is 37.7 Å². The van der Waals surface area contributed by atoms with Crippen LogP contribution in [-0.4, -0.2) is 53.1 Å². The minimum Gasteiger partial charge on any atom is -0.492 e. The lowest BCUT2D eigenvalue weighted by atomic mass is 10.1. The highest BCUT2D eigenvalue weighted by Gasteiger charge is 2.24. The second kappa shape index (κ2) is 9.62. The first-order chi connectivity index (χ1) is 17.1.